The number of fused-ring (bicyclic) bond motifs is 1. The number of hydrogen-bond donors (Lipinski definition) is 2. The van der Waals surface area contributed by atoms with Gasteiger partial charge in [-0.15, -0.1) is 0 Å². The molecule has 0 aliphatic carbocycles. The molecule has 29 heavy (non-hydrogen) atoms. The van der Waals surface area contributed by atoms with Crippen LogP contribution in [-0.2, 0) is 11.3 Å². The van der Waals surface area contributed by atoms with E-state index in [2.05, 4.69) is 15.2 Å². The molecular formula is C23H27N3O3. The van der Waals surface area contributed by atoms with Crippen LogP contribution in [0.4, 0.5) is 0 Å². The van der Waals surface area contributed by atoms with Gasteiger partial charge < -0.3 is 19.8 Å². The summed E-state index contributed by atoms with van der Waals surface area (Å²) in [5.74, 6) is 0.760. The molecule has 0 saturated carbocycles. The van der Waals surface area contributed by atoms with Crippen molar-refractivity contribution in [3.63, 3.8) is 0 Å². The van der Waals surface area contributed by atoms with Crippen molar-refractivity contribution in [2.45, 2.75) is 13.0 Å². The molecule has 3 aromatic rings. The maximum Gasteiger partial charge on any atom is 0.251 e. The summed E-state index contributed by atoms with van der Waals surface area (Å²) in [6, 6.07) is 13.6. The predicted molar refractivity (Wildman–Crippen MR) is 113 cm³/mol. The summed E-state index contributed by atoms with van der Waals surface area (Å²) in [7, 11) is 0. The van der Waals surface area contributed by atoms with Crippen molar-refractivity contribution in [2.75, 3.05) is 39.4 Å². The number of rotatable bonds is 8. The van der Waals surface area contributed by atoms with Crippen LogP contribution in [0.3, 0.4) is 0 Å². The van der Waals surface area contributed by atoms with Gasteiger partial charge in [0.1, 0.15) is 12.4 Å². The summed E-state index contributed by atoms with van der Waals surface area (Å²) >= 11 is 0. The van der Waals surface area contributed by atoms with Crippen LogP contribution in [0.1, 0.15) is 22.3 Å². The van der Waals surface area contributed by atoms with Crippen LogP contribution in [0.2, 0.25) is 0 Å². The highest BCUT2D eigenvalue weighted by Gasteiger charge is 2.13. The molecule has 4 rings (SSSR count). The van der Waals surface area contributed by atoms with E-state index in [1.165, 1.54) is 0 Å². The predicted octanol–water partition coefficient (Wildman–Crippen LogP) is 3.20. The van der Waals surface area contributed by atoms with Crippen LogP contribution in [0.15, 0.2) is 54.9 Å². The monoisotopic (exact) mass is 393 g/mol. The molecule has 0 unspecified atom stereocenters. The van der Waals surface area contributed by atoms with E-state index in [1.807, 2.05) is 54.9 Å². The minimum Gasteiger partial charge on any atom is -0.488 e. The van der Waals surface area contributed by atoms with Crippen molar-refractivity contribution in [1.82, 2.24) is 15.2 Å². The van der Waals surface area contributed by atoms with Gasteiger partial charge in [0.2, 0.25) is 0 Å². The molecule has 1 aliphatic rings. The molecule has 1 aliphatic heterocycles. The van der Waals surface area contributed by atoms with Gasteiger partial charge in [-0.3, -0.25) is 9.69 Å². The maximum absolute atomic E-state index is 12.7. The van der Waals surface area contributed by atoms with E-state index < -0.39 is 0 Å². The zero-order valence-corrected chi connectivity index (χ0v) is 16.5. The number of H-pyrrole nitrogens is 1. The fraction of sp³-hybridized carbons (Fsp3) is 0.348. The van der Waals surface area contributed by atoms with E-state index in [0.717, 1.165) is 61.4 Å². The second-order valence-electron chi connectivity index (χ2n) is 7.22. The number of nitrogens with one attached hydrogen (secondary N) is 2. The van der Waals surface area contributed by atoms with Crippen LogP contribution in [0, 0.1) is 0 Å². The Labute approximate surface area is 170 Å². The van der Waals surface area contributed by atoms with Crippen LogP contribution in [0.25, 0.3) is 10.8 Å². The Bertz CT molecular complexity index is 947. The first-order chi connectivity index (χ1) is 14.3. The van der Waals surface area contributed by atoms with Gasteiger partial charge in [0.05, 0.1) is 13.2 Å². The molecule has 2 N–H and O–H groups in total. The molecule has 152 valence electrons. The summed E-state index contributed by atoms with van der Waals surface area (Å²) in [6.45, 7) is 5.54. The highest BCUT2D eigenvalue weighted by atomic mass is 16.5. The SMILES string of the molecule is O=C(NCCCN1CCOCC1)c1ccccc1COc1cccc2c[nH]cc12. The third kappa shape index (κ3) is 4.96. The number of carbonyl (C=O) groups excluding carboxylic acids is 1. The third-order valence-corrected chi connectivity index (χ3v) is 5.25. The molecule has 2 aromatic carbocycles. The van der Waals surface area contributed by atoms with E-state index in [-0.39, 0.29) is 5.91 Å². The molecule has 0 atom stereocenters. The van der Waals surface area contributed by atoms with Crippen molar-refractivity contribution in [2.24, 2.45) is 0 Å². The lowest BCUT2D eigenvalue weighted by atomic mass is 10.1. The first kappa shape index (κ1) is 19.5. The van der Waals surface area contributed by atoms with Crippen LogP contribution in [-0.4, -0.2) is 55.2 Å². The molecule has 1 saturated heterocycles. The Morgan fingerprint density at radius 2 is 1.97 bits per heavy atom. The summed E-state index contributed by atoms with van der Waals surface area (Å²) in [5.41, 5.74) is 1.55. The van der Waals surface area contributed by atoms with Gasteiger partial charge in [0.15, 0.2) is 0 Å². The average molecular weight is 393 g/mol. The lowest BCUT2D eigenvalue weighted by Gasteiger charge is -2.26. The highest BCUT2D eigenvalue weighted by molar-refractivity contribution is 5.95. The van der Waals surface area contributed by atoms with Gasteiger partial charge in [0, 0.05) is 53.9 Å². The number of morpholine rings is 1. The molecule has 6 heteroatoms. The van der Waals surface area contributed by atoms with Crippen molar-refractivity contribution >= 4 is 16.7 Å². The largest absolute Gasteiger partial charge is 0.488 e. The highest BCUT2D eigenvalue weighted by Crippen LogP contribution is 2.26. The molecular weight excluding hydrogens is 366 g/mol. The standard InChI is InChI=1S/C23H27N3O3/c27-23(25-9-4-10-26-11-13-28-14-12-26)20-7-2-1-5-19(20)17-29-22-8-3-6-18-15-24-16-21(18)22/h1-3,5-8,15-16,24H,4,9-14,17H2,(H,25,27). The number of amides is 1. The average Bonchev–Trinajstić information content (AvgIpc) is 3.25. The third-order valence-electron chi connectivity index (χ3n) is 5.25. The molecule has 0 spiro atoms. The first-order valence-electron chi connectivity index (χ1n) is 10.2. The van der Waals surface area contributed by atoms with E-state index in [1.54, 1.807) is 0 Å². The summed E-state index contributed by atoms with van der Waals surface area (Å²) in [6.07, 6.45) is 4.80. The van der Waals surface area contributed by atoms with E-state index in [0.29, 0.717) is 18.7 Å². The van der Waals surface area contributed by atoms with Gasteiger partial charge in [-0.2, -0.15) is 0 Å². The summed E-state index contributed by atoms with van der Waals surface area (Å²) in [4.78, 5) is 18.2. The minimum absolute atomic E-state index is 0.0500. The number of nitrogens with zero attached hydrogens (tertiary/aromatic N) is 1. The smallest absolute Gasteiger partial charge is 0.251 e. The molecule has 2 heterocycles. The lowest BCUT2D eigenvalue weighted by molar-refractivity contribution is 0.0374. The van der Waals surface area contributed by atoms with Crippen molar-refractivity contribution in [1.29, 1.82) is 0 Å². The topological polar surface area (TPSA) is 66.6 Å². The Hall–Kier alpha value is -2.83. The van der Waals surface area contributed by atoms with Gasteiger partial charge in [-0.1, -0.05) is 30.3 Å². The molecule has 1 aromatic heterocycles. The van der Waals surface area contributed by atoms with Gasteiger partial charge in [-0.25, -0.2) is 0 Å². The molecule has 0 radical (unpaired) electrons. The Morgan fingerprint density at radius 3 is 2.86 bits per heavy atom. The normalized spacial score (nSPS) is 14.8. The lowest BCUT2D eigenvalue weighted by Crippen LogP contribution is -2.38. The number of ether oxygens (including phenoxy) is 2. The summed E-state index contributed by atoms with van der Waals surface area (Å²) in [5, 5.41) is 5.19. The number of hydrogen-bond acceptors (Lipinski definition) is 4. The summed E-state index contributed by atoms with van der Waals surface area (Å²) < 4.78 is 11.4. The number of aromatic amines is 1. The molecule has 1 amide bonds. The Balaban J connectivity index is 1.32. The quantitative estimate of drug-likeness (QED) is 0.577. The number of benzene rings is 2. The van der Waals surface area contributed by atoms with Gasteiger partial charge in [0.25, 0.3) is 5.91 Å². The maximum atomic E-state index is 12.7. The molecule has 0 bridgehead atoms. The fourth-order valence-corrected chi connectivity index (χ4v) is 3.63. The van der Waals surface area contributed by atoms with Gasteiger partial charge in [-0.05, 0) is 25.1 Å². The number of aromatic nitrogens is 1. The molecule has 6 nitrogen and oxygen atoms in total. The second kappa shape index (κ2) is 9.58. The van der Waals surface area contributed by atoms with Crippen LogP contribution < -0.4 is 10.1 Å². The van der Waals surface area contributed by atoms with E-state index in [9.17, 15) is 4.79 Å². The fourth-order valence-electron chi connectivity index (χ4n) is 3.63. The van der Waals surface area contributed by atoms with E-state index in [4.69, 9.17) is 9.47 Å². The minimum atomic E-state index is -0.0500. The Kier molecular flexibility index (Phi) is 6.44. The zero-order chi connectivity index (χ0) is 19.9. The zero-order valence-electron chi connectivity index (χ0n) is 16.5. The van der Waals surface area contributed by atoms with Crippen molar-refractivity contribution in [3.05, 3.63) is 66.0 Å². The first-order valence-corrected chi connectivity index (χ1v) is 10.2. The van der Waals surface area contributed by atoms with Crippen molar-refractivity contribution in [3.8, 4) is 5.75 Å². The Morgan fingerprint density at radius 1 is 1.10 bits per heavy atom. The number of carbonyl (C=O) groups is 1. The van der Waals surface area contributed by atoms with Crippen LogP contribution in [0.5, 0.6) is 5.75 Å². The van der Waals surface area contributed by atoms with Crippen LogP contribution >= 0.6 is 0 Å². The van der Waals surface area contributed by atoms with Gasteiger partial charge >= 0.3 is 0 Å². The van der Waals surface area contributed by atoms with E-state index >= 15 is 0 Å². The van der Waals surface area contributed by atoms with Crippen molar-refractivity contribution < 1.29 is 14.3 Å². The second-order valence-corrected chi connectivity index (χ2v) is 7.22. The molecule has 1 fully saturated rings.